The van der Waals surface area contributed by atoms with Crippen LogP contribution in [-0.2, 0) is 4.74 Å². The fourth-order valence-corrected chi connectivity index (χ4v) is 4.19. The van der Waals surface area contributed by atoms with Crippen LogP contribution in [-0.4, -0.2) is 27.3 Å². The number of carbonyl (C=O) groups is 1. The molecule has 0 spiro atoms. The molecular weight excluding hydrogens is 342 g/mol. The fraction of sp³-hybridized carbons (Fsp3) is 0.318. The molecule has 0 aromatic heterocycles. The molecule has 2 aromatic rings. The van der Waals surface area contributed by atoms with E-state index in [1.54, 1.807) is 14.2 Å². The van der Waals surface area contributed by atoms with Gasteiger partial charge in [-0.3, -0.25) is 0 Å². The second-order valence-corrected chi connectivity index (χ2v) is 6.88. The van der Waals surface area contributed by atoms with Crippen LogP contribution in [0.5, 0.6) is 11.5 Å². The van der Waals surface area contributed by atoms with Crippen LogP contribution in [0.25, 0.3) is 0 Å². The standard InChI is InChI=1S/C22H23NO4/c1-25-15-11-18-16-5-4-6-17(16)20(23-21(18)19(12-15)26-2)13-7-9-14(10-8-13)22(24)27-3/h4-5,7-12,16-17,20,23H,6H2,1-3H3/t16-,17+,20-/m0/s1. The first kappa shape index (κ1) is 17.5. The van der Waals surface area contributed by atoms with Crippen molar-refractivity contribution in [3.8, 4) is 11.5 Å². The number of esters is 1. The quantitative estimate of drug-likeness (QED) is 0.646. The molecule has 1 heterocycles. The molecule has 0 radical (unpaired) electrons. The third-order valence-corrected chi connectivity index (χ3v) is 5.55. The molecule has 2 aliphatic rings. The summed E-state index contributed by atoms with van der Waals surface area (Å²) in [6.45, 7) is 0. The van der Waals surface area contributed by atoms with Crippen molar-refractivity contribution >= 4 is 11.7 Å². The Morgan fingerprint density at radius 1 is 1.07 bits per heavy atom. The number of anilines is 1. The van der Waals surface area contributed by atoms with E-state index in [9.17, 15) is 4.79 Å². The molecule has 4 rings (SSSR count). The topological polar surface area (TPSA) is 56.8 Å². The second-order valence-electron chi connectivity index (χ2n) is 6.88. The van der Waals surface area contributed by atoms with E-state index in [-0.39, 0.29) is 12.0 Å². The predicted molar refractivity (Wildman–Crippen MR) is 104 cm³/mol. The molecule has 0 unspecified atom stereocenters. The van der Waals surface area contributed by atoms with Crippen LogP contribution in [0.15, 0.2) is 48.6 Å². The lowest BCUT2D eigenvalue weighted by atomic mass is 9.76. The number of carbonyl (C=O) groups excluding carboxylic acids is 1. The van der Waals surface area contributed by atoms with E-state index >= 15 is 0 Å². The minimum absolute atomic E-state index is 0.131. The monoisotopic (exact) mass is 365 g/mol. The van der Waals surface area contributed by atoms with Crippen molar-refractivity contribution in [3.05, 3.63) is 65.2 Å². The van der Waals surface area contributed by atoms with Gasteiger partial charge >= 0.3 is 5.97 Å². The van der Waals surface area contributed by atoms with E-state index in [4.69, 9.17) is 14.2 Å². The minimum atomic E-state index is -0.322. The van der Waals surface area contributed by atoms with Gasteiger partial charge in [-0.15, -0.1) is 0 Å². The summed E-state index contributed by atoms with van der Waals surface area (Å²) in [5.74, 6) is 1.96. The number of benzene rings is 2. The Balaban J connectivity index is 1.74. The van der Waals surface area contributed by atoms with Gasteiger partial charge in [-0.2, -0.15) is 0 Å². The summed E-state index contributed by atoms with van der Waals surface area (Å²) in [5, 5.41) is 3.68. The highest BCUT2D eigenvalue weighted by molar-refractivity contribution is 5.89. The van der Waals surface area contributed by atoms with Crippen molar-refractivity contribution in [3.63, 3.8) is 0 Å². The molecule has 5 heteroatoms. The summed E-state index contributed by atoms with van der Waals surface area (Å²) in [4.78, 5) is 11.7. The fourth-order valence-electron chi connectivity index (χ4n) is 4.19. The van der Waals surface area contributed by atoms with Gasteiger partial charge in [-0.25, -0.2) is 4.79 Å². The molecule has 3 atom stereocenters. The van der Waals surface area contributed by atoms with Gasteiger partial charge in [-0.05, 0) is 41.7 Å². The Kier molecular flexibility index (Phi) is 4.52. The van der Waals surface area contributed by atoms with Crippen LogP contribution >= 0.6 is 0 Å². The van der Waals surface area contributed by atoms with E-state index in [0.717, 1.165) is 29.2 Å². The van der Waals surface area contributed by atoms with Crippen LogP contribution in [0.3, 0.4) is 0 Å². The molecule has 27 heavy (non-hydrogen) atoms. The third kappa shape index (κ3) is 2.93. The van der Waals surface area contributed by atoms with Crippen LogP contribution in [0.1, 0.15) is 39.9 Å². The SMILES string of the molecule is COC(=O)c1ccc([C@@H]2Nc3c(OC)cc(OC)cc3[C@H]3C=CC[C@H]32)cc1. The van der Waals surface area contributed by atoms with E-state index in [2.05, 4.69) is 23.5 Å². The lowest BCUT2D eigenvalue weighted by molar-refractivity contribution is 0.0600. The predicted octanol–water partition coefficient (Wildman–Crippen LogP) is 4.32. The van der Waals surface area contributed by atoms with E-state index in [0.29, 0.717) is 17.4 Å². The van der Waals surface area contributed by atoms with Crippen LogP contribution < -0.4 is 14.8 Å². The van der Waals surface area contributed by atoms with Gasteiger partial charge in [0.1, 0.15) is 11.5 Å². The normalized spacial score (nSPS) is 22.4. The smallest absolute Gasteiger partial charge is 0.337 e. The van der Waals surface area contributed by atoms with E-state index in [1.807, 2.05) is 30.3 Å². The summed E-state index contributed by atoms with van der Waals surface area (Å²) in [6.07, 6.45) is 5.52. The summed E-state index contributed by atoms with van der Waals surface area (Å²) >= 11 is 0. The van der Waals surface area contributed by atoms with Crippen molar-refractivity contribution in [1.82, 2.24) is 0 Å². The van der Waals surface area contributed by atoms with Gasteiger partial charge < -0.3 is 19.5 Å². The number of methoxy groups -OCH3 is 3. The lowest BCUT2D eigenvalue weighted by Crippen LogP contribution is -2.29. The Labute approximate surface area is 158 Å². The summed E-state index contributed by atoms with van der Waals surface area (Å²) in [6, 6.07) is 11.8. The van der Waals surface area contributed by atoms with E-state index < -0.39 is 0 Å². The maximum Gasteiger partial charge on any atom is 0.337 e. The van der Waals surface area contributed by atoms with Crippen LogP contribution in [0.4, 0.5) is 5.69 Å². The molecule has 2 aromatic carbocycles. The molecule has 0 saturated carbocycles. The zero-order chi connectivity index (χ0) is 19.0. The number of ether oxygens (including phenoxy) is 3. The Morgan fingerprint density at radius 2 is 1.85 bits per heavy atom. The number of nitrogens with one attached hydrogen (secondary N) is 1. The molecule has 1 aliphatic carbocycles. The largest absolute Gasteiger partial charge is 0.497 e. The van der Waals surface area contributed by atoms with Crippen molar-refractivity contribution in [1.29, 1.82) is 0 Å². The molecule has 0 bridgehead atoms. The van der Waals surface area contributed by atoms with Gasteiger partial charge in [0.05, 0.1) is 38.6 Å². The number of hydrogen-bond donors (Lipinski definition) is 1. The molecule has 0 fully saturated rings. The summed E-state index contributed by atoms with van der Waals surface area (Å²) in [5.41, 5.74) is 3.91. The van der Waals surface area contributed by atoms with Crippen LogP contribution in [0.2, 0.25) is 0 Å². The highest BCUT2D eigenvalue weighted by Gasteiger charge is 2.39. The molecule has 1 aliphatic heterocycles. The van der Waals surface area contributed by atoms with Gasteiger partial charge in [0.25, 0.3) is 0 Å². The Hall–Kier alpha value is -2.95. The highest BCUT2D eigenvalue weighted by atomic mass is 16.5. The molecule has 0 saturated heterocycles. The first-order valence-corrected chi connectivity index (χ1v) is 9.03. The summed E-state index contributed by atoms with van der Waals surface area (Å²) < 4.78 is 15.9. The minimum Gasteiger partial charge on any atom is -0.497 e. The zero-order valence-corrected chi connectivity index (χ0v) is 15.7. The molecule has 140 valence electrons. The van der Waals surface area contributed by atoms with Crippen LogP contribution in [0, 0.1) is 5.92 Å². The number of rotatable bonds is 4. The first-order valence-electron chi connectivity index (χ1n) is 9.03. The number of allylic oxidation sites excluding steroid dienone is 2. The lowest BCUT2D eigenvalue weighted by Gasteiger charge is -2.38. The number of hydrogen-bond acceptors (Lipinski definition) is 5. The van der Waals surface area contributed by atoms with Crippen molar-refractivity contribution in [2.75, 3.05) is 26.6 Å². The maximum absolute atomic E-state index is 11.7. The second kappa shape index (κ2) is 6.99. The molecular formula is C22H23NO4. The number of fused-ring (bicyclic) bond motifs is 3. The van der Waals surface area contributed by atoms with Gasteiger partial charge in [0.15, 0.2) is 0 Å². The zero-order valence-electron chi connectivity index (χ0n) is 15.7. The maximum atomic E-state index is 11.7. The third-order valence-electron chi connectivity index (χ3n) is 5.55. The first-order chi connectivity index (χ1) is 13.2. The van der Waals surface area contributed by atoms with E-state index in [1.165, 1.54) is 12.7 Å². The molecule has 1 N–H and O–H groups in total. The van der Waals surface area contributed by atoms with Crippen molar-refractivity contribution < 1.29 is 19.0 Å². The average Bonchev–Trinajstić information content (AvgIpc) is 3.22. The Morgan fingerprint density at radius 3 is 2.52 bits per heavy atom. The van der Waals surface area contributed by atoms with Gasteiger partial charge in [0, 0.05) is 12.0 Å². The highest BCUT2D eigenvalue weighted by Crippen LogP contribution is 2.53. The Bertz CT molecular complexity index is 888. The van der Waals surface area contributed by atoms with Gasteiger partial charge in [0.2, 0.25) is 0 Å². The average molecular weight is 365 g/mol. The van der Waals surface area contributed by atoms with Crippen molar-refractivity contribution in [2.45, 2.75) is 18.4 Å². The molecule has 0 amide bonds. The molecule has 5 nitrogen and oxygen atoms in total. The van der Waals surface area contributed by atoms with Crippen molar-refractivity contribution in [2.24, 2.45) is 5.92 Å². The summed E-state index contributed by atoms with van der Waals surface area (Å²) in [7, 11) is 4.74. The van der Waals surface area contributed by atoms with Gasteiger partial charge in [-0.1, -0.05) is 24.3 Å².